The average molecular weight is 343 g/mol. The van der Waals surface area contributed by atoms with Crippen molar-refractivity contribution in [1.82, 2.24) is 10.6 Å². The van der Waals surface area contributed by atoms with E-state index >= 15 is 0 Å². The third-order valence-electron chi connectivity index (χ3n) is 2.82. The van der Waals surface area contributed by atoms with Crippen LogP contribution in [0.3, 0.4) is 0 Å². The topological polar surface area (TPSA) is 113 Å². The van der Waals surface area contributed by atoms with E-state index in [1.807, 2.05) is 20.8 Å². The Balaban J connectivity index is 0.00000484. The molecule has 0 saturated heterocycles. The van der Waals surface area contributed by atoms with Crippen molar-refractivity contribution in [2.75, 3.05) is 18.4 Å². The standard InChI is InChI=1S/C15H22N4O3.ClH/c1-9(2)18-15(22)12-6-11(5-4-10(12)3)19-14(21)8-17-13(20)7-16;/h4-6,9H,7-8,16H2,1-3H3,(H,17,20)(H,18,22)(H,19,21);1H. The van der Waals surface area contributed by atoms with Gasteiger partial charge in [0, 0.05) is 17.3 Å². The minimum atomic E-state index is -0.406. The molecule has 0 aliphatic carbocycles. The van der Waals surface area contributed by atoms with Gasteiger partial charge in [0.15, 0.2) is 0 Å². The molecule has 7 nitrogen and oxygen atoms in total. The van der Waals surface area contributed by atoms with Crippen molar-refractivity contribution in [2.45, 2.75) is 26.8 Å². The number of carbonyl (C=O) groups is 3. The molecule has 0 radical (unpaired) electrons. The summed E-state index contributed by atoms with van der Waals surface area (Å²) in [6.07, 6.45) is 0. The maximum Gasteiger partial charge on any atom is 0.251 e. The average Bonchev–Trinajstić information content (AvgIpc) is 2.45. The van der Waals surface area contributed by atoms with Gasteiger partial charge in [0.05, 0.1) is 13.1 Å². The SMILES string of the molecule is Cc1ccc(NC(=O)CNC(=O)CN)cc1C(=O)NC(C)C.Cl. The van der Waals surface area contributed by atoms with Gasteiger partial charge in [-0.1, -0.05) is 6.07 Å². The Kier molecular flexibility index (Phi) is 8.90. The second-order valence-electron chi connectivity index (χ2n) is 5.19. The summed E-state index contributed by atoms with van der Waals surface area (Å²) in [5.74, 6) is -0.989. The van der Waals surface area contributed by atoms with Crippen LogP contribution in [0.4, 0.5) is 5.69 Å². The monoisotopic (exact) mass is 342 g/mol. The van der Waals surface area contributed by atoms with Crippen LogP contribution in [0, 0.1) is 6.92 Å². The third kappa shape index (κ3) is 7.12. The molecule has 128 valence electrons. The fraction of sp³-hybridized carbons (Fsp3) is 0.400. The van der Waals surface area contributed by atoms with Gasteiger partial charge in [-0.3, -0.25) is 14.4 Å². The molecule has 5 N–H and O–H groups in total. The molecule has 0 aromatic heterocycles. The molecular weight excluding hydrogens is 320 g/mol. The fourth-order valence-electron chi connectivity index (χ4n) is 1.74. The second-order valence-corrected chi connectivity index (χ2v) is 5.19. The number of hydrogen-bond donors (Lipinski definition) is 4. The first-order valence-electron chi connectivity index (χ1n) is 7.01. The van der Waals surface area contributed by atoms with Crippen molar-refractivity contribution in [1.29, 1.82) is 0 Å². The number of nitrogens with one attached hydrogen (secondary N) is 3. The molecule has 0 aliphatic heterocycles. The van der Waals surface area contributed by atoms with Gasteiger partial charge in [0.2, 0.25) is 11.8 Å². The fourth-order valence-corrected chi connectivity index (χ4v) is 1.74. The summed E-state index contributed by atoms with van der Waals surface area (Å²) in [5, 5.41) is 7.80. The zero-order valence-corrected chi connectivity index (χ0v) is 14.3. The molecule has 1 aromatic carbocycles. The van der Waals surface area contributed by atoms with Crippen molar-refractivity contribution < 1.29 is 14.4 Å². The highest BCUT2D eigenvalue weighted by Gasteiger charge is 2.12. The summed E-state index contributed by atoms with van der Waals surface area (Å²) in [7, 11) is 0. The van der Waals surface area contributed by atoms with Crippen molar-refractivity contribution >= 4 is 35.8 Å². The maximum absolute atomic E-state index is 12.1. The van der Waals surface area contributed by atoms with E-state index in [4.69, 9.17) is 5.73 Å². The number of benzene rings is 1. The number of halogens is 1. The molecule has 0 fully saturated rings. The highest BCUT2D eigenvalue weighted by molar-refractivity contribution is 5.99. The van der Waals surface area contributed by atoms with Gasteiger partial charge >= 0.3 is 0 Å². The van der Waals surface area contributed by atoms with E-state index < -0.39 is 5.91 Å². The Hall–Kier alpha value is -2.12. The van der Waals surface area contributed by atoms with Crippen molar-refractivity contribution in [3.63, 3.8) is 0 Å². The van der Waals surface area contributed by atoms with E-state index in [0.29, 0.717) is 11.3 Å². The lowest BCUT2D eigenvalue weighted by atomic mass is 10.1. The van der Waals surface area contributed by atoms with Crippen LogP contribution in [0.2, 0.25) is 0 Å². The number of hydrogen-bond acceptors (Lipinski definition) is 4. The van der Waals surface area contributed by atoms with Gasteiger partial charge in [-0.05, 0) is 38.5 Å². The summed E-state index contributed by atoms with van der Waals surface area (Å²) in [5.41, 5.74) is 6.93. The van der Waals surface area contributed by atoms with Gasteiger partial charge < -0.3 is 21.7 Å². The van der Waals surface area contributed by atoms with E-state index in [-0.39, 0.29) is 43.4 Å². The summed E-state index contributed by atoms with van der Waals surface area (Å²) in [6, 6.07) is 5.08. The molecule has 0 atom stereocenters. The van der Waals surface area contributed by atoms with Gasteiger partial charge in [-0.25, -0.2) is 0 Å². The van der Waals surface area contributed by atoms with Gasteiger partial charge in [0.25, 0.3) is 5.91 Å². The Morgan fingerprint density at radius 3 is 2.39 bits per heavy atom. The van der Waals surface area contributed by atoms with Crippen molar-refractivity contribution in [3.05, 3.63) is 29.3 Å². The van der Waals surface area contributed by atoms with Crippen molar-refractivity contribution in [2.24, 2.45) is 5.73 Å². The number of aryl methyl sites for hydroxylation is 1. The molecule has 8 heteroatoms. The molecule has 3 amide bonds. The summed E-state index contributed by atoms with van der Waals surface area (Å²) < 4.78 is 0. The summed E-state index contributed by atoms with van der Waals surface area (Å²) in [6.45, 7) is 5.23. The largest absolute Gasteiger partial charge is 0.350 e. The molecule has 0 heterocycles. The minimum Gasteiger partial charge on any atom is -0.350 e. The van der Waals surface area contributed by atoms with E-state index in [1.165, 1.54) is 0 Å². The van der Waals surface area contributed by atoms with Crippen LogP contribution in [-0.2, 0) is 9.59 Å². The molecule has 0 unspecified atom stereocenters. The van der Waals surface area contributed by atoms with Crippen LogP contribution in [0.1, 0.15) is 29.8 Å². The van der Waals surface area contributed by atoms with Crippen LogP contribution >= 0.6 is 12.4 Å². The molecule has 0 spiro atoms. The first-order chi connectivity index (χ1) is 10.3. The lowest BCUT2D eigenvalue weighted by Gasteiger charge is -2.12. The summed E-state index contributed by atoms with van der Waals surface area (Å²) >= 11 is 0. The Morgan fingerprint density at radius 2 is 1.83 bits per heavy atom. The Bertz CT molecular complexity index is 576. The summed E-state index contributed by atoms with van der Waals surface area (Å²) in [4.78, 5) is 34.8. The van der Waals surface area contributed by atoms with Crippen LogP contribution in [-0.4, -0.2) is 36.9 Å². The molecule has 1 aromatic rings. The van der Waals surface area contributed by atoms with Crippen LogP contribution in [0.15, 0.2) is 18.2 Å². The molecule has 0 saturated carbocycles. The highest BCUT2D eigenvalue weighted by Crippen LogP contribution is 2.15. The number of rotatable bonds is 6. The third-order valence-corrected chi connectivity index (χ3v) is 2.82. The minimum absolute atomic E-state index is 0. The molecular formula is C15H23ClN4O3. The number of amides is 3. The predicted molar refractivity (Wildman–Crippen MR) is 91.7 cm³/mol. The smallest absolute Gasteiger partial charge is 0.251 e. The number of carbonyl (C=O) groups excluding carboxylic acids is 3. The van der Waals surface area contributed by atoms with E-state index in [0.717, 1.165) is 5.56 Å². The number of nitrogens with two attached hydrogens (primary N) is 1. The lowest BCUT2D eigenvalue weighted by molar-refractivity contribution is -0.123. The van der Waals surface area contributed by atoms with Crippen LogP contribution in [0.5, 0.6) is 0 Å². The molecule has 0 aliphatic rings. The maximum atomic E-state index is 12.1. The predicted octanol–water partition coefficient (Wildman–Crippen LogP) is 0.568. The Labute approximate surface area is 141 Å². The molecule has 23 heavy (non-hydrogen) atoms. The Morgan fingerprint density at radius 1 is 1.17 bits per heavy atom. The normalized spacial score (nSPS) is 9.78. The first kappa shape index (κ1) is 20.9. The van der Waals surface area contributed by atoms with Gasteiger partial charge in [-0.15, -0.1) is 12.4 Å². The van der Waals surface area contributed by atoms with E-state index in [9.17, 15) is 14.4 Å². The van der Waals surface area contributed by atoms with E-state index in [2.05, 4.69) is 16.0 Å². The second kappa shape index (κ2) is 9.81. The van der Waals surface area contributed by atoms with Crippen LogP contribution < -0.4 is 21.7 Å². The van der Waals surface area contributed by atoms with Crippen LogP contribution in [0.25, 0.3) is 0 Å². The molecule has 1 rings (SSSR count). The quantitative estimate of drug-likeness (QED) is 0.605. The number of anilines is 1. The van der Waals surface area contributed by atoms with Gasteiger partial charge in [-0.2, -0.15) is 0 Å². The highest BCUT2D eigenvalue weighted by atomic mass is 35.5. The lowest BCUT2D eigenvalue weighted by Crippen LogP contribution is -2.36. The van der Waals surface area contributed by atoms with Gasteiger partial charge in [0.1, 0.15) is 0 Å². The van der Waals surface area contributed by atoms with Crippen molar-refractivity contribution in [3.8, 4) is 0 Å². The first-order valence-corrected chi connectivity index (χ1v) is 7.01. The van der Waals surface area contributed by atoms with E-state index in [1.54, 1.807) is 18.2 Å². The zero-order chi connectivity index (χ0) is 16.7. The zero-order valence-electron chi connectivity index (χ0n) is 13.4. The molecule has 0 bridgehead atoms.